The predicted molar refractivity (Wildman–Crippen MR) is 94.8 cm³/mol. The lowest BCUT2D eigenvalue weighted by Crippen LogP contribution is -2.14. The quantitative estimate of drug-likeness (QED) is 0.609. The summed E-state index contributed by atoms with van der Waals surface area (Å²) >= 11 is 8.31. The number of benzene rings is 2. The number of aromatic amines is 1. The summed E-state index contributed by atoms with van der Waals surface area (Å²) in [5.41, 5.74) is 2.65. The molecule has 1 heterocycles. The van der Waals surface area contributed by atoms with E-state index in [1.165, 1.54) is 0 Å². The van der Waals surface area contributed by atoms with Crippen molar-refractivity contribution in [1.29, 1.82) is 0 Å². The van der Waals surface area contributed by atoms with Gasteiger partial charge >= 0.3 is 0 Å². The normalized spacial score (nSPS) is 10.8. The number of hydrogen-bond acceptors (Lipinski definition) is 1. The highest BCUT2D eigenvalue weighted by Gasteiger charge is 2.10. The van der Waals surface area contributed by atoms with E-state index >= 15 is 0 Å². The summed E-state index contributed by atoms with van der Waals surface area (Å²) < 4.78 is 1.03. The van der Waals surface area contributed by atoms with Gasteiger partial charge in [-0.05, 0) is 52.4 Å². The number of anilines is 1. The maximum atomic E-state index is 12.2. The van der Waals surface area contributed by atoms with Crippen molar-refractivity contribution in [2.75, 3.05) is 5.32 Å². The third-order valence-electron chi connectivity index (χ3n) is 3.23. The van der Waals surface area contributed by atoms with Gasteiger partial charge in [0.2, 0.25) is 5.91 Å². The molecule has 0 saturated heterocycles. The summed E-state index contributed by atoms with van der Waals surface area (Å²) in [6.07, 6.45) is 2.19. The number of rotatable bonds is 3. The number of hydrogen-bond donors (Lipinski definition) is 2. The van der Waals surface area contributed by atoms with E-state index in [-0.39, 0.29) is 5.91 Å². The van der Waals surface area contributed by atoms with Crippen LogP contribution in [-0.4, -0.2) is 10.9 Å². The second-order valence-corrected chi connectivity index (χ2v) is 6.36. The van der Waals surface area contributed by atoms with E-state index in [9.17, 15) is 4.79 Å². The molecule has 5 heteroatoms. The molecule has 3 aromatic rings. The summed E-state index contributed by atoms with van der Waals surface area (Å²) in [6.45, 7) is 0. The standard InChI is InChI=1S/C16H12ClIN2O/c17-13-8-11(18)5-6-15(13)20-16(21)7-10-9-19-14-4-2-1-3-12(10)14/h1-6,8-9,19H,7H2,(H,20,21). The first-order valence-electron chi connectivity index (χ1n) is 6.43. The Kier molecular flexibility index (Phi) is 4.17. The van der Waals surface area contributed by atoms with Crippen molar-refractivity contribution >= 4 is 56.7 Å². The maximum Gasteiger partial charge on any atom is 0.228 e. The first kappa shape index (κ1) is 14.4. The van der Waals surface area contributed by atoms with Crippen molar-refractivity contribution in [3.8, 4) is 0 Å². The van der Waals surface area contributed by atoms with Gasteiger partial charge in [0, 0.05) is 20.7 Å². The molecule has 0 bridgehead atoms. The van der Waals surface area contributed by atoms with Gasteiger partial charge in [-0.15, -0.1) is 0 Å². The van der Waals surface area contributed by atoms with Gasteiger partial charge in [-0.2, -0.15) is 0 Å². The molecule has 0 unspecified atom stereocenters. The number of carbonyl (C=O) groups excluding carboxylic acids is 1. The molecule has 0 radical (unpaired) electrons. The van der Waals surface area contributed by atoms with Gasteiger partial charge < -0.3 is 10.3 Å². The van der Waals surface area contributed by atoms with Crippen molar-refractivity contribution in [3.63, 3.8) is 0 Å². The zero-order chi connectivity index (χ0) is 14.8. The molecule has 0 spiro atoms. The minimum Gasteiger partial charge on any atom is -0.361 e. The molecule has 21 heavy (non-hydrogen) atoms. The first-order chi connectivity index (χ1) is 10.1. The third kappa shape index (κ3) is 3.22. The summed E-state index contributed by atoms with van der Waals surface area (Å²) in [7, 11) is 0. The van der Waals surface area contributed by atoms with Crippen molar-refractivity contribution in [2.45, 2.75) is 6.42 Å². The van der Waals surface area contributed by atoms with Gasteiger partial charge in [0.1, 0.15) is 0 Å². The van der Waals surface area contributed by atoms with E-state index in [4.69, 9.17) is 11.6 Å². The van der Waals surface area contributed by atoms with Gasteiger partial charge in [-0.25, -0.2) is 0 Å². The minimum atomic E-state index is -0.0807. The van der Waals surface area contributed by atoms with Crippen molar-refractivity contribution < 1.29 is 4.79 Å². The smallest absolute Gasteiger partial charge is 0.228 e. The molecule has 2 aromatic carbocycles. The van der Waals surface area contributed by atoms with E-state index in [0.29, 0.717) is 17.1 Å². The van der Waals surface area contributed by atoms with E-state index in [0.717, 1.165) is 20.0 Å². The third-order valence-corrected chi connectivity index (χ3v) is 4.21. The Bertz CT molecular complexity index is 813. The minimum absolute atomic E-state index is 0.0807. The summed E-state index contributed by atoms with van der Waals surface area (Å²) in [4.78, 5) is 15.3. The molecule has 2 N–H and O–H groups in total. The second-order valence-electron chi connectivity index (χ2n) is 4.71. The fourth-order valence-electron chi connectivity index (χ4n) is 2.24. The number of amides is 1. The van der Waals surface area contributed by atoms with Crippen molar-refractivity contribution in [3.05, 3.63) is 62.8 Å². The van der Waals surface area contributed by atoms with E-state index in [2.05, 4.69) is 32.9 Å². The summed E-state index contributed by atoms with van der Waals surface area (Å²) in [5.74, 6) is -0.0807. The van der Waals surface area contributed by atoms with Crippen molar-refractivity contribution in [2.24, 2.45) is 0 Å². The number of nitrogens with one attached hydrogen (secondary N) is 2. The average Bonchev–Trinajstić information content (AvgIpc) is 2.85. The molecule has 1 amide bonds. The SMILES string of the molecule is O=C(Cc1c[nH]c2ccccc12)Nc1ccc(I)cc1Cl. The Morgan fingerprint density at radius 1 is 1.24 bits per heavy atom. The van der Waals surface area contributed by atoms with Crippen LogP contribution in [0.5, 0.6) is 0 Å². The number of halogens is 2. The Labute approximate surface area is 140 Å². The number of carbonyl (C=O) groups is 1. The van der Waals surface area contributed by atoms with Crippen LogP contribution in [0.25, 0.3) is 10.9 Å². The molecule has 3 nitrogen and oxygen atoms in total. The average molecular weight is 411 g/mol. The second kappa shape index (κ2) is 6.07. The molecular formula is C16H12ClIN2O. The molecule has 1 aromatic heterocycles. The number of H-pyrrole nitrogens is 1. The molecule has 106 valence electrons. The Morgan fingerprint density at radius 3 is 2.86 bits per heavy atom. The van der Waals surface area contributed by atoms with Gasteiger partial charge in [0.05, 0.1) is 17.1 Å². The maximum absolute atomic E-state index is 12.2. The van der Waals surface area contributed by atoms with Gasteiger partial charge in [-0.3, -0.25) is 4.79 Å². The van der Waals surface area contributed by atoms with Crippen molar-refractivity contribution in [1.82, 2.24) is 4.98 Å². The molecule has 0 aliphatic heterocycles. The van der Waals surface area contributed by atoms with E-state index < -0.39 is 0 Å². The van der Waals surface area contributed by atoms with Gasteiger partial charge in [0.25, 0.3) is 0 Å². The molecule has 0 atom stereocenters. The lowest BCUT2D eigenvalue weighted by molar-refractivity contribution is -0.115. The molecule has 0 fully saturated rings. The predicted octanol–water partition coefficient (Wildman–Crippen LogP) is 4.61. The molecule has 0 aliphatic rings. The monoisotopic (exact) mass is 410 g/mol. The van der Waals surface area contributed by atoms with Gasteiger partial charge in [0.15, 0.2) is 0 Å². The van der Waals surface area contributed by atoms with Crippen LogP contribution in [0.2, 0.25) is 5.02 Å². The summed E-state index contributed by atoms with van der Waals surface area (Å²) in [5, 5.41) is 4.47. The Morgan fingerprint density at radius 2 is 2.05 bits per heavy atom. The topological polar surface area (TPSA) is 44.9 Å². The highest BCUT2D eigenvalue weighted by Crippen LogP contribution is 2.24. The number of aromatic nitrogens is 1. The fourth-order valence-corrected chi connectivity index (χ4v) is 3.14. The van der Waals surface area contributed by atoms with Crippen LogP contribution < -0.4 is 5.32 Å². The largest absolute Gasteiger partial charge is 0.361 e. The van der Waals surface area contributed by atoms with Crippen LogP contribution in [0.15, 0.2) is 48.7 Å². The zero-order valence-corrected chi connectivity index (χ0v) is 13.9. The van der Waals surface area contributed by atoms with Crippen LogP contribution in [0.1, 0.15) is 5.56 Å². The number of para-hydroxylation sites is 1. The summed E-state index contributed by atoms with van der Waals surface area (Å²) in [6, 6.07) is 13.5. The van der Waals surface area contributed by atoms with Crippen LogP contribution in [0, 0.1) is 3.57 Å². The fraction of sp³-hybridized carbons (Fsp3) is 0.0625. The zero-order valence-electron chi connectivity index (χ0n) is 11.0. The van der Waals surface area contributed by atoms with E-state index in [1.54, 1.807) is 0 Å². The highest BCUT2D eigenvalue weighted by molar-refractivity contribution is 14.1. The van der Waals surface area contributed by atoms with Crippen LogP contribution in [0.3, 0.4) is 0 Å². The lowest BCUT2D eigenvalue weighted by Gasteiger charge is -2.07. The van der Waals surface area contributed by atoms with Crippen LogP contribution >= 0.6 is 34.2 Å². The molecular weight excluding hydrogens is 399 g/mol. The van der Waals surface area contributed by atoms with Crippen LogP contribution in [0.4, 0.5) is 5.69 Å². The van der Waals surface area contributed by atoms with E-state index in [1.807, 2.05) is 48.7 Å². The number of fused-ring (bicyclic) bond motifs is 1. The Balaban J connectivity index is 1.77. The van der Waals surface area contributed by atoms with Crippen LogP contribution in [-0.2, 0) is 11.2 Å². The van der Waals surface area contributed by atoms with Gasteiger partial charge in [-0.1, -0.05) is 29.8 Å². The molecule has 0 aliphatic carbocycles. The first-order valence-corrected chi connectivity index (χ1v) is 7.89. The Hall–Kier alpha value is -1.53. The molecule has 0 saturated carbocycles. The highest BCUT2D eigenvalue weighted by atomic mass is 127. The molecule has 3 rings (SSSR count). The lowest BCUT2D eigenvalue weighted by atomic mass is 10.1.